The molecule has 1 aliphatic rings. The third kappa shape index (κ3) is 7.29. The summed E-state index contributed by atoms with van der Waals surface area (Å²) >= 11 is 0. The number of likely N-dealkylation sites (N-methyl/N-ethyl adjacent to an activating group) is 1. The largest absolute Gasteiger partial charge is 0.395 e. The molecule has 9 heteroatoms. The van der Waals surface area contributed by atoms with Crippen molar-refractivity contribution >= 4 is 18.0 Å². The lowest BCUT2D eigenvalue weighted by molar-refractivity contribution is -0.199. The van der Waals surface area contributed by atoms with Gasteiger partial charge in [0.25, 0.3) is 5.91 Å². The topological polar surface area (TPSA) is 73.8 Å². The number of aliphatic imine (C=N–C) groups is 1. The van der Waals surface area contributed by atoms with E-state index in [2.05, 4.69) is 22.2 Å². The van der Waals surface area contributed by atoms with Crippen molar-refractivity contribution in [3.05, 3.63) is 59.2 Å². The van der Waals surface area contributed by atoms with Gasteiger partial charge in [-0.15, -0.1) is 0 Å². The van der Waals surface area contributed by atoms with Crippen molar-refractivity contribution in [3.8, 4) is 0 Å². The lowest BCUT2D eigenvalue weighted by atomic mass is 9.80. The minimum Gasteiger partial charge on any atom is -0.355 e. The summed E-state index contributed by atoms with van der Waals surface area (Å²) in [4.78, 5) is 30.5. The van der Waals surface area contributed by atoms with Gasteiger partial charge in [0.15, 0.2) is 0 Å². The van der Waals surface area contributed by atoms with Crippen molar-refractivity contribution in [1.29, 1.82) is 0 Å². The van der Waals surface area contributed by atoms with Gasteiger partial charge in [-0.1, -0.05) is 24.3 Å². The van der Waals surface area contributed by atoms with E-state index in [1.54, 1.807) is 26.2 Å². The van der Waals surface area contributed by atoms with Crippen molar-refractivity contribution in [1.82, 2.24) is 15.5 Å². The van der Waals surface area contributed by atoms with Crippen LogP contribution in [-0.2, 0) is 11.2 Å². The molecule has 2 rings (SSSR count). The van der Waals surface area contributed by atoms with E-state index in [1.165, 1.54) is 12.3 Å². The van der Waals surface area contributed by atoms with E-state index in [4.69, 9.17) is 0 Å². The molecule has 2 atom stereocenters. The molecule has 0 aromatic heterocycles. The van der Waals surface area contributed by atoms with E-state index in [0.717, 1.165) is 11.1 Å². The quantitative estimate of drug-likeness (QED) is 0.331. The molecule has 1 fully saturated rings. The van der Waals surface area contributed by atoms with Crippen LogP contribution in [0.3, 0.4) is 0 Å². The van der Waals surface area contributed by atoms with Crippen LogP contribution >= 0.6 is 0 Å². The zero-order valence-electron chi connectivity index (χ0n) is 21.7. The Morgan fingerprint density at radius 1 is 1.28 bits per heavy atom. The molecule has 0 radical (unpaired) electrons. The fraction of sp³-hybridized carbons (Fsp3) is 0.519. The monoisotopic (exact) mass is 506 g/mol. The lowest BCUT2D eigenvalue weighted by Crippen LogP contribution is -2.43. The van der Waals surface area contributed by atoms with Gasteiger partial charge in [0.2, 0.25) is 5.91 Å². The normalized spacial score (nSPS) is 16.8. The van der Waals surface area contributed by atoms with Gasteiger partial charge in [-0.25, -0.2) is 0 Å². The molecule has 1 aliphatic carbocycles. The van der Waals surface area contributed by atoms with Gasteiger partial charge >= 0.3 is 6.18 Å². The Labute approximate surface area is 211 Å². The first-order valence-electron chi connectivity index (χ1n) is 12.0. The average Bonchev–Trinajstić information content (AvgIpc) is 3.62. The molecule has 1 saturated carbocycles. The molecule has 1 aromatic rings. The van der Waals surface area contributed by atoms with Gasteiger partial charge in [-0.2, -0.15) is 13.2 Å². The number of nitrogens with one attached hydrogen (secondary N) is 2. The average molecular weight is 507 g/mol. The molecule has 1 aromatic carbocycles. The Balaban J connectivity index is 2.10. The molecule has 0 unspecified atom stereocenters. The number of rotatable bonds is 12. The Morgan fingerprint density at radius 2 is 1.94 bits per heavy atom. The molecule has 0 aliphatic heterocycles. The summed E-state index contributed by atoms with van der Waals surface area (Å²) in [5.74, 6) is -1.63. The molecule has 0 heterocycles. The van der Waals surface area contributed by atoms with Crippen LogP contribution in [0.4, 0.5) is 13.2 Å². The highest BCUT2D eigenvalue weighted by atomic mass is 19.4. The number of hydrogen-bond acceptors (Lipinski definition) is 4. The minimum atomic E-state index is -4.40. The van der Waals surface area contributed by atoms with Gasteiger partial charge in [0.05, 0.1) is 5.41 Å². The van der Waals surface area contributed by atoms with Crippen LogP contribution in [0, 0.1) is 18.3 Å². The van der Waals surface area contributed by atoms with Crippen LogP contribution in [0.2, 0.25) is 0 Å². The van der Waals surface area contributed by atoms with Crippen molar-refractivity contribution in [3.63, 3.8) is 0 Å². The predicted octanol–water partition coefficient (Wildman–Crippen LogP) is 4.11. The second-order valence-electron chi connectivity index (χ2n) is 9.60. The molecule has 0 bridgehead atoms. The number of carbonyl (C=O) groups excluding carboxylic acids is 2. The first-order chi connectivity index (χ1) is 16.9. The number of benzene rings is 1. The molecular weight excluding hydrogens is 469 g/mol. The summed E-state index contributed by atoms with van der Waals surface area (Å²) in [6, 6.07) is 5.38. The maximum atomic E-state index is 13.9. The summed E-state index contributed by atoms with van der Waals surface area (Å²) in [6.45, 7) is 6.05. The number of alkyl halides is 3. The number of allylic oxidation sites excluding steroid dienone is 3. The Hall–Kier alpha value is -2.94. The Kier molecular flexibility index (Phi) is 10.0. The molecule has 2 N–H and O–H groups in total. The fourth-order valence-electron chi connectivity index (χ4n) is 4.41. The van der Waals surface area contributed by atoms with E-state index >= 15 is 0 Å². The number of halogens is 3. The highest BCUT2D eigenvalue weighted by Crippen LogP contribution is 2.64. The lowest BCUT2D eigenvalue weighted by Gasteiger charge is -2.30. The van der Waals surface area contributed by atoms with Gasteiger partial charge in [0.1, 0.15) is 0 Å². The Bertz CT molecular complexity index is 1010. The number of amides is 2. The zero-order chi connectivity index (χ0) is 27.1. The Morgan fingerprint density at radius 3 is 2.44 bits per heavy atom. The summed E-state index contributed by atoms with van der Waals surface area (Å²) in [5, 5.41) is 5.44. The maximum absolute atomic E-state index is 13.9. The van der Waals surface area contributed by atoms with E-state index in [9.17, 15) is 22.8 Å². The zero-order valence-corrected chi connectivity index (χ0v) is 21.7. The number of nitrogens with zero attached hydrogens (tertiary/aromatic N) is 2. The third-order valence-corrected chi connectivity index (χ3v) is 6.96. The fourth-order valence-corrected chi connectivity index (χ4v) is 4.41. The number of hydrogen-bond donors (Lipinski definition) is 2. The van der Waals surface area contributed by atoms with Gasteiger partial charge in [0, 0.05) is 50.8 Å². The molecule has 198 valence electrons. The summed E-state index contributed by atoms with van der Waals surface area (Å²) in [5.41, 5.74) is 0.917. The molecular formula is C27H37F3N4O2. The SMILES string of the molecule is C=C(/C=C\C=NC)[C@H](CC(=O)NC[C@H](Cc1ccc(C(=O)NC)cc1C)N(C)C)C1(C(F)(F)F)CC1. The first-order valence-corrected chi connectivity index (χ1v) is 12.0. The van der Waals surface area contributed by atoms with Crippen LogP contribution in [-0.4, -0.2) is 69.9 Å². The molecule has 0 saturated heterocycles. The number of aryl methyl sites for hydroxylation is 1. The van der Waals surface area contributed by atoms with E-state index in [0.29, 0.717) is 12.0 Å². The first kappa shape index (κ1) is 29.3. The predicted molar refractivity (Wildman–Crippen MR) is 137 cm³/mol. The van der Waals surface area contributed by atoms with E-state index in [-0.39, 0.29) is 43.3 Å². The second kappa shape index (κ2) is 12.3. The third-order valence-electron chi connectivity index (χ3n) is 6.96. The van der Waals surface area contributed by atoms with Crippen molar-refractivity contribution < 1.29 is 22.8 Å². The highest BCUT2D eigenvalue weighted by molar-refractivity contribution is 5.94. The van der Waals surface area contributed by atoms with Crippen LogP contribution in [0.25, 0.3) is 0 Å². The van der Waals surface area contributed by atoms with Gasteiger partial charge < -0.3 is 15.5 Å². The second-order valence-corrected chi connectivity index (χ2v) is 9.60. The van der Waals surface area contributed by atoms with E-state index < -0.39 is 23.4 Å². The number of carbonyl (C=O) groups is 2. The van der Waals surface area contributed by atoms with Gasteiger partial charge in [-0.3, -0.25) is 14.6 Å². The van der Waals surface area contributed by atoms with E-state index in [1.807, 2.05) is 38.1 Å². The van der Waals surface area contributed by atoms with Crippen LogP contribution < -0.4 is 10.6 Å². The van der Waals surface area contributed by atoms with Crippen molar-refractivity contribution in [2.24, 2.45) is 16.3 Å². The highest BCUT2D eigenvalue weighted by Gasteiger charge is 2.67. The molecule has 6 nitrogen and oxygen atoms in total. The van der Waals surface area contributed by atoms with Crippen molar-refractivity contribution in [2.45, 2.75) is 44.8 Å². The molecule has 36 heavy (non-hydrogen) atoms. The van der Waals surface area contributed by atoms with Gasteiger partial charge in [-0.05, 0) is 69.6 Å². The standard InChI is InChI=1S/C27H37F3N4O2/c1-18(8-7-13-31-3)23(26(11-12-26)27(28,29)30)16-24(35)33-17-22(34(5)6)15-20-9-10-21(14-19(20)2)25(36)32-4/h7-10,13-14,22-23H,1,11-12,15-17H2,2-6H3,(H,32,36)(H,33,35)/b8-7-,31-13?/t22-,23-/m0/s1. The summed E-state index contributed by atoms with van der Waals surface area (Å²) in [7, 11) is 6.91. The molecule has 2 amide bonds. The van der Waals surface area contributed by atoms with Crippen LogP contribution in [0.1, 0.15) is 40.7 Å². The summed E-state index contributed by atoms with van der Waals surface area (Å²) < 4.78 is 41.7. The summed E-state index contributed by atoms with van der Waals surface area (Å²) in [6.07, 6.45) is 0.424. The smallest absolute Gasteiger partial charge is 0.355 e. The van der Waals surface area contributed by atoms with Crippen LogP contribution in [0.15, 0.2) is 47.5 Å². The minimum absolute atomic E-state index is 0.00514. The maximum Gasteiger partial charge on any atom is 0.395 e. The molecule has 0 spiro atoms. The van der Waals surface area contributed by atoms with Crippen LogP contribution in [0.5, 0.6) is 0 Å². The van der Waals surface area contributed by atoms with Crippen molar-refractivity contribution in [2.75, 3.05) is 34.7 Å².